The average Bonchev–Trinajstić information content (AvgIpc) is 3.80. The lowest BCUT2D eigenvalue weighted by Crippen LogP contribution is -1.85. The smallest absolute Gasteiger partial charge is 0.296 e. The van der Waals surface area contributed by atoms with Gasteiger partial charge in [-0.05, 0) is 118 Å². The molecule has 0 amide bonds. The van der Waals surface area contributed by atoms with E-state index < -0.39 is 4.92 Å². The fraction of sp³-hybridized carbons (Fsp3) is 0. The third kappa shape index (κ3) is 7.86. The summed E-state index contributed by atoms with van der Waals surface area (Å²) in [7, 11) is 0. The van der Waals surface area contributed by atoms with Crippen LogP contribution in [0.1, 0.15) is 0 Å². The molecular weight excluding hydrogens is 842 g/mol. The monoisotopic (exact) mass is 859 g/mol. The maximum Gasteiger partial charge on any atom is 0.296 e. The van der Waals surface area contributed by atoms with Crippen LogP contribution in [0.2, 0.25) is 0 Å². The Bertz CT molecular complexity index is 2180. The van der Waals surface area contributed by atoms with Crippen LogP contribution in [-0.2, 0) is 0 Å². The highest BCUT2D eigenvalue weighted by atomic mass is 79.9. The molecule has 0 radical (unpaired) electrons. The van der Waals surface area contributed by atoms with Crippen molar-refractivity contribution in [2.45, 2.75) is 0 Å². The largest absolute Gasteiger partial charge is 0.397 e. The van der Waals surface area contributed by atoms with Crippen molar-refractivity contribution in [3.63, 3.8) is 0 Å². The maximum absolute atomic E-state index is 10.5. The van der Waals surface area contributed by atoms with Gasteiger partial charge in [-0.25, -0.2) is 19.9 Å². The number of nitrogen functional groups attached to an aromatic ring is 2. The minimum Gasteiger partial charge on any atom is -0.397 e. The number of pyridine rings is 4. The number of nitrogens with zero attached hydrogens (tertiary/aromatic N) is 5. The molecule has 0 saturated heterocycles. The third-order valence-electron chi connectivity index (χ3n) is 6.13. The Balaban J connectivity index is 0.000000119. The number of rotatable bonds is 1. The first-order valence-corrected chi connectivity index (χ1v) is 15.9. The van der Waals surface area contributed by atoms with E-state index in [0.29, 0.717) is 15.6 Å². The quantitative estimate of drug-likeness (QED) is 0.0535. The van der Waals surface area contributed by atoms with Gasteiger partial charge in [0.25, 0.3) is 5.69 Å². The van der Waals surface area contributed by atoms with Gasteiger partial charge in [0.15, 0.2) is 0 Å². The maximum atomic E-state index is 10.5. The summed E-state index contributed by atoms with van der Waals surface area (Å²) < 4.78 is 3.14. The Morgan fingerprint density at radius 2 is 0.978 bits per heavy atom. The van der Waals surface area contributed by atoms with Gasteiger partial charge in [0, 0.05) is 34.7 Å². The van der Waals surface area contributed by atoms with Crippen molar-refractivity contribution in [1.29, 1.82) is 0 Å². The van der Waals surface area contributed by atoms with E-state index in [1.807, 2.05) is 48.7 Å². The molecule has 45 heavy (non-hydrogen) atoms. The molecule has 0 spiro atoms. The van der Waals surface area contributed by atoms with Gasteiger partial charge in [-0.2, -0.15) is 0 Å². The van der Waals surface area contributed by atoms with Crippen molar-refractivity contribution < 1.29 is 4.92 Å². The molecule has 8 N–H and O–H groups in total. The molecule has 0 aliphatic carbocycles. The highest BCUT2D eigenvalue weighted by Crippen LogP contribution is 2.25. The summed E-state index contributed by atoms with van der Waals surface area (Å²) in [6, 6.07) is 16.9. The number of anilines is 2. The molecule has 8 rings (SSSR count). The molecule has 8 aromatic rings. The summed E-state index contributed by atoms with van der Waals surface area (Å²) in [6.07, 6.45) is 6.70. The Labute approximate surface area is 287 Å². The molecule has 8 heterocycles. The number of nitro groups is 1. The first-order chi connectivity index (χ1) is 21.6. The SMILES string of the molecule is Brc1ccc2cc[nH]c2n1.Nc1c[nH]c2nc(Br)ccc12.Nc1c[nH]c2nc(Br)ccc12.O=[N+]([O-])c1c[nH]c2nc(Br)ccc12. The Morgan fingerprint density at radius 3 is 1.49 bits per heavy atom. The summed E-state index contributed by atoms with van der Waals surface area (Å²) in [5.41, 5.74) is 15.9. The zero-order valence-electron chi connectivity index (χ0n) is 22.7. The predicted octanol–water partition coefficient (Wildman–Crippen LogP) is 8.37. The fourth-order valence-corrected chi connectivity index (χ4v) is 5.27. The van der Waals surface area contributed by atoms with Gasteiger partial charge < -0.3 is 31.4 Å². The second-order valence-corrected chi connectivity index (χ2v) is 12.3. The van der Waals surface area contributed by atoms with Crippen LogP contribution in [0, 0.1) is 10.1 Å². The van der Waals surface area contributed by atoms with E-state index in [1.54, 1.807) is 24.5 Å². The molecule has 0 aliphatic heterocycles. The number of halogens is 4. The normalized spacial score (nSPS) is 10.6. The van der Waals surface area contributed by atoms with Gasteiger partial charge in [-0.3, -0.25) is 10.1 Å². The minimum atomic E-state index is -0.436. The molecule has 228 valence electrons. The lowest BCUT2D eigenvalue weighted by atomic mass is 10.3. The van der Waals surface area contributed by atoms with Crippen LogP contribution in [0.25, 0.3) is 44.1 Å². The topological polar surface area (TPSA) is 210 Å². The molecule has 0 saturated carbocycles. The number of nitrogens with two attached hydrogens (primary N) is 2. The van der Waals surface area contributed by atoms with E-state index in [4.69, 9.17) is 11.5 Å². The number of hydrogen-bond acceptors (Lipinski definition) is 8. The van der Waals surface area contributed by atoms with Crippen LogP contribution >= 0.6 is 63.7 Å². The van der Waals surface area contributed by atoms with Gasteiger partial charge >= 0.3 is 0 Å². The first-order valence-electron chi connectivity index (χ1n) is 12.7. The van der Waals surface area contributed by atoms with Crippen LogP contribution in [0.15, 0.2) is 97.8 Å². The summed E-state index contributed by atoms with van der Waals surface area (Å²) in [5.74, 6) is 0. The molecular formula is C28H21Br4N11O2. The third-order valence-corrected chi connectivity index (χ3v) is 7.89. The highest BCUT2D eigenvalue weighted by molar-refractivity contribution is 9.11. The van der Waals surface area contributed by atoms with Crippen molar-refractivity contribution in [3.05, 3.63) is 108 Å². The fourth-order valence-electron chi connectivity index (χ4n) is 4.03. The Hall–Kier alpha value is -4.32. The average molecular weight is 863 g/mol. The number of fused-ring (bicyclic) bond motifs is 4. The molecule has 0 fully saturated rings. The molecule has 8 aromatic heterocycles. The highest BCUT2D eigenvalue weighted by Gasteiger charge is 2.14. The molecule has 13 nitrogen and oxygen atoms in total. The van der Waals surface area contributed by atoms with Crippen LogP contribution in [-0.4, -0.2) is 44.8 Å². The Kier molecular flexibility index (Phi) is 10.1. The molecule has 0 atom stereocenters. The molecule has 0 bridgehead atoms. The summed E-state index contributed by atoms with van der Waals surface area (Å²) in [6.45, 7) is 0. The first kappa shape index (κ1) is 32.1. The molecule has 0 aromatic carbocycles. The Morgan fingerprint density at radius 1 is 0.556 bits per heavy atom. The van der Waals surface area contributed by atoms with Crippen LogP contribution < -0.4 is 11.5 Å². The standard InChI is InChI=1S/C7H4BrN3O2.2C7H6BrN3.C7H5BrN2/c8-6-2-1-4-5(11(12)13)3-9-7(4)10-6;2*8-6-2-1-4-5(9)3-10-7(4)11-6;8-6-2-1-5-3-4-9-7(5)10-6/h1-3H,(H,9,10);2*1-3H,9H2,(H,10,11);1-4H,(H,9,10). The zero-order chi connectivity index (χ0) is 32.1. The van der Waals surface area contributed by atoms with Gasteiger partial charge in [0.2, 0.25) is 0 Å². The van der Waals surface area contributed by atoms with Crippen molar-refractivity contribution in [2.75, 3.05) is 11.5 Å². The lowest BCUT2D eigenvalue weighted by Gasteiger charge is -1.90. The molecule has 0 unspecified atom stereocenters. The number of aromatic nitrogens is 8. The van der Waals surface area contributed by atoms with E-state index in [9.17, 15) is 10.1 Å². The van der Waals surface area contributed by atoms with E-state index in [-0.39, 0.29) is 5.69 Å². The zero-order valence-corrected chi connectivity index (χ0v) is 29.1. The predicted molar refractivity (Wildman–Crippen MR) is 191 cm³/mol. The van der Waals surface area contributed by atoms with Gasteiger partial charge in [-0.1, -0.05) is 0 Å². The van der Waals surface area contributed by atoms with E-state index in [1.165, 1.54) is 6.20 Å². The van der Waals surface area contributed by atoms with Crippen LogP contribution in [0.4, 0.5) is 17.1 Å². The number of aromatic amines is 4. The van der Waals surface area contributed by atoms with E-state index in [2.05, 4.69) is 104 Å². The number of nitrogens with one attached hydrogen (secondary N) is 4. The molecule has 17 heteroatoms. The van der Waals surface area contributed by atoms with Crippen LogP contribution in [0.3, 0.4) is 0 Å². The summed E-state index contributed by atoms with van der Waals surface area (Å²) in [5, 5.41) is 14.1. The van der Waals surface area contributed by atoms with Crippen molar-refractivity contribution in [2.24, 2.45) is 0 Å². The molecule has 0 aliphatic rings. The lowest BCUT2D eigenvalue weighted by molar-refractivity contribution is -0.383. The second-order valence-electron chi connectivity index (χ2n) is 9.06. The number of H-pyrrole nitrogens is 4. The number of hydrogen-bond donors (Lipinski definition) is 6. The van der Waals surface area contributed by atoms with Crippen molar-refractivity contribution >= 4 is 125 Å². The van der Waals surface area contributed by atoms with E-state index >= 15 is 0 Å². The second kappa shape index (κ2) is 14.2. The summed E-state index contributed by atoms with van der Waals surface area (Å²) in [4.78, 5) is 38.3. The van der Waals surface area contributed by atoms with Crippen molar-refractivity contribution in [1.82, 2.24) is 39.9 Å². The van der Waals surface area contributed by atoms with E-state index in [0.717, 1.165) is 58.3 Å². The summed E-state index contributed by atoms with van der Waals surface area (Å²) >= 11 is 13.0. The van der Waals surface area contributed by atoms with Gasteiger partial charge in [0.05, 0.1) is 27.9 Å². The van der Waals surface area contributed by atoms with Crippen LogP contribution in [0.5, 0.6) is 0 Å². The van der Waals surface area contributed by atoms with Gasteiger partial charge in [-0.15, -0.1) is 0 Å². The minimum absolute atomic E-state index is 0.0509. The van der Waals surface area contributed by atoms with Gasteiger partial charge in [0.1, 0.15) is 41.0 Å². The van der Waals surface area contributed by atoms with Crippen molar-refractivity contribution in [3.8, 4) is 0 Å².